The predicted molar refractivity (Wildman–Crippen MR) is 251 cm³/mol. The van der Waals surface area contributed by atoms with Crippen LogP contribution in [0.3, 0.4) is 0 Å². The molecule has 14 heteroatoms. The van der Waals surface area contributed by atoms with Gasteiger partial charge in [-0.25, -0.2) is 19.6 Å². The number of nitrogens with one attached hydrogen (secondary N) is 4. The summed E-state index contributed by atoms with van der Waals surface area (Å²) in [5.74, 6) is 1.78. The topological polar surface area (TPSA) is 186 Å². The molecule has 0 spiro atoms. The lowest BCUT2D eigenvalue weighted by atomic mass is 9.97. The van der Waals surface area contributed by atoms with Gasteiger partial charge in [0.25, 0.3) is 11.8 Å². The number of nitrogens with zero attached hydrogens (tertiary/aromatic N) is 4. The van der Waals surface area contributed by atoms with Crippen LogP contribution in [-0.2, 0) is 14.3 Å². The Labute approximate surface area is 384 Å². The maximum Gasteiger partial charge on any atom is 0.407 e. The van der Waals surface area contributed by atoms with Crippen LogP contribution in [0.2, 0.25) is 0 Å². The summed E-state index contributed by atoms with van der Waals surface area (Å²) in [6.07, 6.45) is 1.52. The van der Waals surface area contributed by atoms with Crippen molar-refractivity contribution in [2.45, 2.75) is 61.9 Å². The number of amides is 4. The van der Waals surface area contributed by atoms with Crippen LogP contribution < -0.4 is 10.6 Å². The van der Waals surface area contributed by atoms with E-state index in [1.165, 1.54) is 7.11 Å². The van der Waals surface area contributed by atoms with Gasteiger partial charge in [0.2, 0.25) is 0 Å². The van der Waals surface area contributed by atoms with Crippen molar-refractivity contribution in [1.82, 2.24) is 40.4 Å². The molecular weight excluding hydrogens is 845 g/mol. The summed E-state index contributed by atoms with van der Waals surface area (Å²) < 4.78 is 4.89. The molecular formula is C53H46N8O6. The lowest BCUT2D eigenvalue weighted by Crippen LogP contribution is -2.44. The fraction of sp³-hybridized carbons (Fsp3) is 0.245. The molecule has 67 heavy (non-hydrogen) atoms. The van der Waals surface area contributed by atoms with Gasteiger partial charge in [-0.3, -0.25) is 9.59 Å². The summed E-state index contributed by atoms with van der Waals surface area (Å²) in [6, 6.07) is 41.3. The Balaban J connectivity index is 0.777. The van der Waals surface area contributed by atoms with E-state index in [4.69, 9.17) is 14.7 Å². The number of carbonyl (C=O) groups is 4. The van der Waals surface area contributed by atoms with Gasteiger partial charge in [0.05, 0.1) is 41.3 Å². The van der Waals surface area contributed by atoms with E-state index in [2.05, 4.69) is 81.3 Å². The van der Waals surface area contributed by atoms with Crippen LogP contribution in [0.15, 0.2) is 133 Å². The van der Waals surface area contributed by atoms with Crippen LogP contribution in [0.25, 0.3) is 55.1 Å². The zero-order valence-corrected chi connectivity index (χ0v) is 36.4. The molecule has 2 saturated heterocycles. The van der Waals surface area contributed by atoms with E-state index in [1.54, 1.807) is 24.3 Å². The standard InChI is InChI=1S/C53H46N8O6/c1-67-53(66)59-47(29-10-6-3-7-11-29)51(63)61-43-25-37(43)27-45(61)49-55-39-19-17-35(23-41(39)57-49)33-15-13-30-20-32(14-12-31(30)21-33)34-16-18-38-40(22-34)56-48(54-38)44-26-36-24-42(36)60(44)50(62)46(58-52(64)65)28-8-4-2-5-9-28/h2-23,36-37,42-47,58H,24-27H2,1H3,(H,54,56)(H,55,57)(H,59,66)(H,64,65)/t36-,37-,42-,43-,44+,45+,46-,47+/m1/s1. The van der Waals surface area contributed by atoms with Gasteiger partial charge < -0.3 is 40.2 Å². The molecule has 4 fully saturated rings. The van der Waals surface area contributed by atoms with Crippen LogP contribution >= 0.6 is 0 Å². The third-order valence-corrected chi connectivity index (χ3v) is 14.3. The molecule has 4 heterocycles. The lowest BCUT2D eigenvalue weighted by Gasteiger charge is -2.30. The zero-order chi connectivity index (χ0) is 45.5. The number of hydrogen-bond donors (Lipinski definition) is 5. The van der Waals surface area contributed by atoms with Gasteiger partial charge in [-0.1, -0.05) is 97.1 Å². The first-order chi connectivity index (χ1) is 32.7. The van der Waals surface area contributed by atoms with E-state index < -0.39 is 24.3 Å². The minimum Gasteiger partial charge on any atom is -0.465 e. The van der Waals surface area contributed by atoms with Gasteiger partial charge in [-0.05, 0) is 118 Å². The van der Waals surface area contributed by atoms with Crippen LogP contribution in [0.4, 0.5) is 9.59 Å². The summed E-state index contributed by atoms with van der Waals surface area (Å²) in [4.78, 5) is 73.5. The maximum absolute atomic E-state index is 14.3. The highest BCUT2D eigenvalue weighted by Gasteiger charge is 2.57. The number of rotatable bonds is 10. The quantitative estimate of drug-likeness (QED) is 0.0899. The number of alkyl carbamates (subject to hydrolysis) is 1. The molecule has 8 aromatic rings. The van der Waals surface area contributed by atoms with Crippen molar-refractivity contribution in [3.8, 4) is 22.3 Å². The monoisotopic (exact) mass is 890 g/mol. The van der Waals surface area contributed by atoms with E-state index in [-0.39, 0.29) is 36.0 Å². The van der Waals surface area contributed by atoms with Crippen LogP contribution in [0.1, 0.15) is 72.6 Å². The van der Waals surface area contributed by atoms with Gasteiger partial charge in [0, 0.05) is 12.1 Å². The van der Waals surface area contributed by atoms with E-state index >= 15 is 0 Å². The first-order valence-corrected chi connectivity index (χ1v) is 22.8. The second kappa shape index (κ2) is 15.9. The fourth-order valence-electron chi connectivity index (χ4n) is 10.8. The van der Waals surface area contributed by atoms with Crippen LogP contribution in [-0.4, -0.2) is 78.0 Å². The van der Waals surface area contributed by atoms with Crippen molar-refractivity contribution in [2.24, 2.45) is 11.8 Å². The molecule has 14 nitrogen and oxygen atoms in total. The Bertz CT molecular complexity index is 3280. The number of imidazole rings is 2. The molecule has 2 aliphatic carbocycles. The summed E-state index contributed by atoms with van der Waals surface area (Å²) in [5, 5.41) is 17.1. The normalized spacial score (nSPS) is 22.3. The van der Waals surface area contributed by atoms with Crippen molar-refractivity contribution >= 4 is 56.8 Å². The number of hydrogen-bond acceptors (Lipinski definition) is 7. The maximum atomic E-state index is 14.3. The van der Waals surface area contributed by atoms with Crippen LogP contribution in [0.5, 0.6) is 0 Å². The van der Waals surface area contributed by atoms with Crippen molar-refractivity contribution in [3.63, 3.8) is 0 Å². The molecule has 0 radical (unpaired) electrons. The van der Waals surface area contributed by atoms with Gasteiger partial charge in [0.1, 0.15) is 23.7 Å². The highest BCUT2D eigenvalue weighted by Crippen LogP contribution is 2.55. The van der Waals surface area contributed by atoms with Crippen molar-refractivity contribution in [3.05, 3.63) is 156 Å². The van der Waals surface area contributed by atoms with Crippen molar-refractivity contribution in [2.75, 3.05) is 7.11 Å². The van der Waals surface area contributed by atoms with E-state index in [0.29, 0.717) is 28.8 Å². The lowest BCUT2D eigenvalue weighted by molar-refractivity contribution is -0.136. The molecule has 4 amide bonds. The molecule has 334 valence electrons. The number of carboxylic acid groups (broad SMARTS) is 1. The molecule has 2 aliphatic heterocycles. The summed E-state index contributed by atoms with van der Waals surface area (Å²) in [7, 11) is 1.29. The third-order valence-electron chi connectivity index (χ3n) is 14.3. The van der Waals surface area contributed by atoms with E-state index in [0.717, 1.165) is 86.6 Å². The number of H-pyrrole nitrogens is 2. The van der Waals surface area contributed by atoms with Gasteiger partial charge >= 0.3 is 12.2 Å². The largest absolute Gasteiger partial charge is 0.465 e. The minimum absolute atomic E-state index is 0.0680. The number of methoxy groups -OCH3 is 1. The number of likely N-dealkylation sites (tertiary alicyclic amines) is 2. The molecule has 0 bridgehead atoms. The highest BCUT2D eigenvalue weighted by atomic mass is 16.5. The molecule has 0 unspecified atom stereocenters. The summed E-state index contributed by atoms with van der Waals surface area (Å²) in [6.45, 7) is 0. The second-order valence-electron chi connectivity index (χ2n) is 18.4. The number of aromatic nitrogens is 4. The Morgan fingerprint density at radius 1 is 0.582 bits per heavy atom. The third kappa shape index (κ3) is 7.29. The number of ether oxygens (including phenoxy) is 1. The minimum atomic E-state index is -1.25. The fourth-order valence-corrected chi connectivity index (χ4v) is 10.8. The highest BCUT2D eigenvalue weighted by molar-refractivity contribution is 5.94. The van der Waals surface area contributed by atoms with E-state index in [9.17, 15) is 24.3 Å². The Kier molecular flexibility index (Phi) is 9.59. The Morgan fingerprint density at radius 3 is 1.46 bits per heavy atom. The van der Waals surface area contributed by atoms with Gasteiger partial charge in [0.15, 0.2) is 0 Å². The number of benzene rings is 6. The smallest absolute Gasteiger partial charge is 0.407 e. The summed E-state index contributed by atoms with van der Waals surface area (Å²) >= 11 is 0. The number of piperidine rings is 2. The molecule has 4 aliphatic rings. The van der Waals surface area contributed by atoms with Crippen LogP contribution in [0, 0.1) is 11.8 Å². The average Bonchev–Trinajstić information content (AvgIpc) is 4.02. The van der Waals surface area contributed by atoms with Gasteiger partial charge in [-0.15, -0.1) is 0 Å². The predicted octanol–water partition coefficient (Wildman–Crippen LogP) is 9.36. The second-order valence-corrected chi connectivity index (χ2v) is 18.4. The molecule has 12 rings (SSSR count). The number of fused-ring (bicyclic) bond motifs is 5. The molecule has 2 saturated carbocycles. The molecule has 5 N–H and O–H groups in total. The Morgan fingerprint density at radius 2 is 1.01 bits per heavy atom. The Hall–Kier alpha value is -8.00. The number of aromatic amines is 2. The first kappa shape index (κ1) is 40.5. The first-order valence-electron chi connectivity index (χ1n) is 22.8. The summed E-state index contributed by atoms with van der Waals surface area (Å²) in [5.41, 5.74) is 8.83. The SMILES string of the molecule is COC(=O)N[C@H](C(=O)N1[C@@H]2C[C@@H]2C[C@H]1c1nc2cc(-c3ccc4cc(-c5ccc6[nH]c([C@@H]7C[C@H]8C[C@H]8N7C(=O)[C@H](NC(=O)O)c7ccccc7)nc6c5)ccc4c3)ccc2[nH]1)c1ccccc1. The van der Waals surface area contributed by atoms with Gasteiger partial charge in [-0.2, -0.15) is 0 Å². The van der Waals surface area contributed by atoms with Crippen molar-refractivity contribution in [1.29, 1.82) is 0 Å². The molecule has 2 aromatic heterocycles. The average molecular weight is 891 g/mol. The molecule has 8 atom stereocenters. The number of carbonyl (C=O) groups excluding carboxylic acids is 3. The molecule has 6 aromatic carbocycles. The van der Waals surface area contributed by atoms with E-state index in [1.807, 2.05) is 58.3 Å². The van der Waals surface area contributed by atoms with Crippen molar-refractivity contribution < 1.29 is 29.0 Å². The zero-order valence-electron chi connectivity index (χ0n) is 36.4.